The lowest BCUT2D eigenvalue weighted by atomic mass is 9.95. The Hall–Kier alpha value is -2.50. The predicted molar refractivity (Wildman–Crippen MR) is 137 cm³/mol. The Bertz CT molecular complexity index is 1140. The first kappa shape index (κ1) is 26.6. The number of halogens is 2. The molecule has 0 spiro atoms. The second kappa shape index (κ2) is 12.6. The Morgan fingerprint density at radius 2 is 2.25 bits per heavy atom. The van der Waals surface area contributed by atoms with Gasteiger partial charge in [0.1, 0.15) is 6.04 Å². The number of nitrogens with one attached hydrogen (secondary N) is 1. The minimum Gasteiger partial charge on any atom is -0.468 e. The highest BCUT2D eigenvalue weighted by Crippen LogP contribution is 2.37. The number of thiazole rings is 1. The summed E-state index contributed by atoms with van der Waals surface area (Å²) in [7, 11) is 0. The summed E-state index contributed by atoms with van der Waals surface area (Å²) in [5, 5.41) is 6.79. The number of hydrogen-bond donors (Lipinski definition) is 1. The lowest BCUT2D eigenvalue weighted by Crippen LogP contribution is -2.46. The summed E-state index contributed by atoms with van der Waals surface area (Å²) in [6.07, 6.45) is 2.19. The molecule has 0 aliphatic carbocycles. The predicted octanol–water partition coefficient (Wildman–Crippen LogP) is 3.62. The number of aliphatic imine (C=N–C) groups is 1. The number of carbonyl (C=O) groups excluding carboxylic acids is 2. The smallest absolute Gasteiger partial charge is 0.338 e. The van der Waals surface area contributed by atoms with Crippen LogP contribution in [0.5, 0.6) is 0 Å². The summed E-state index contributed by atoms with van der Waals surface area (Å²) in [6.45, 7) is 4.93. The Balaban J connectivity index is 1.70. The molecule has 9 nitrogen and oxygen atoms in total. The van der Waals surface area contributed by atoms with E-state index in [0.717, 1.165) is 0 Å². The van der Waals surface area contributed by atoms with Gasteiger partial charge in [-0.2, -0.15) is 0 Å². The highest BCUT2D eigenvalue weighted by atomic mass is 35.5. The van der Waals surface area contributed by atoms with Gasteiger partial charge in [-0.05, 0) is 19.1 Å². The molecule has 2 aromatic rings. The largest absolute Gasteiger partial charge is 0.468 e. The van der Waals surface area contributed by atoms with E-state index in [9.17, 15) is 9.59 Å². The molecule has 4 rings (SSSR count). The van der Waals surface area contributed by atoms with Gasteiger partial charge in [-0.25, -0.2) is 9.78 Å². The number of ether oxygens (including phenoxy) is 3. The molecular weight excluding hydrogens is 527 g/mol. The van der Waals surface area contributed by atoms with Crippen LogP contribution in [0.4, 0.5) is 0 Å². The zero-order valence-electron chi connectivity index (χ0n) is 19.6. The van der Waals surface area contributed by atoms with E-state index in [0.29, 0.717) is 76.9 Å². The summed E-state index contributed by atoms with van der Waals surface area (Å²) in [6, 6.07) is 4.43. The van der Waals surface area contributed by atoms with Gasteiger partial charge in [0.25, 0.3) is 6.47 Å². The van der Waals surface area contributed by atoms with Crippen LogP contribution < -0.4 is 5.32 Å². The monoisotopic (exact) mass is 552 g/mol. The van der Waals surface area contributed by atoms with Crippen molar-refractivity contribution >= 4 is 52.8 Å². The number of benzene rings is 1. The molecule has 3 heterocycles. The number of carbonyl (C=O) groups is 2. The van der Waals surface area contributed by atoms with E-state index < -0.39 is 12.0 Å². The number of nitrogens with zero attached hydrogens (tertiary/aromatic N) is 3. The summed E-state index contributed by atoms with van der Waals surface area (Å²) in [5.41, 5.74) is 1.69. The molecule has 2 aliphatic rings. The average molecular weight is 553 g/mol. The van der Waals surface area contributed by atoms with Crippen LogP contribution in [0.15, 0.2) is 46.0 Å². The lowest BCUT2D eigenvalue weighted by molar-refractivity contribution is -0.139. The number of aromatic nitrogens is 1. The average Bonchev–Trinajstić information content (AvgIpc) is 3.39. The SMILES string of the molecule is CCOC(=O)C1=C(CN2CCOC(CCOC=O)C2)NC(c2nccs2)=NC1c1ccc(Cl)cc1Cl. The molecule has 1 fully saturated rings. The van der Waals surface area contributed by atoms with Gasteiger partial charge in [0, 0.05) is 58.9 Å². The molecule has 2 atom stereocenters. The van der Waals surface area contributed by atoms with Gasteiger partial charge in [-0.1, -0.05) is 29.3 Å². The highest BCUT2D eigenvalue weighted by molar-refractivity contribution is 7.11. The Kier molecular flexibility index (Phi) is 9.33. The maximum absolute atomic E-state index is 13.3. The molecule has 36 heavy (non-hydrogen) atoms. The standard InChI is InChI=1S/C24H26Cl2N4O5S/c1-2-34-24(32)20-19(13-30-7-9-35-16(12-30)5-8-33-14-31)28-22(23-27-6-10-36-23)29-21(20)17-4-3-15(25)11-18(17)26/h3-4,6,10-11,14,16,21H,2,5,7-9,12-13H2,1H3,(H,28,29). The minimum atomic E-state index is -0.707. The molecule has 1 aromatic carbocycles. The molecule has 0 saturated carbocycles. The third kappa shape index (κ3) is 6.43. The topological polar surface area (TPSA) is 102 Å². The van der Waals surface area contributed by atoms with Crippen LogP contribution in [0.3, 0.4) is 0 Å². The highest BCUT2D eigenvalue weighted by Gasteiger charge is 2.35. The van der Waals surface area contributed by atoms with Crippen molar-refractivity contribution in [3.8, 4) is 0 Å². The molecule has 2 unspecified atom stereocenters. The molecule has 2 aliphatic heterocycles. The molecule has 192 valence electrons. The van der Waals surface area contributed by atoms with Gasteiger partial charge in [0.2, 0.25) is 0 Å². The van der Waals surface area contributed by atoms with Crippen molar-refractivity contribution < 1.29 is 23.8 Å². The minimum absolute atomic E-state index is 0.0949. The van der Waals surface area contributed by atoms with Gasteiger partial charge >= 0.3 is 5.97 Å². The fourth-order valence-corrected chi connectivity index (χ4v) is 5.24. The molecule has 12 heteroatoms. The first-order valence-corrected chi connectivity index (χ1v) is 13.1. The fourth-order valence-electron chi connectivity index (χ4n) is 4.14. The van der Waals surface area contributed by atoms with Crippen molar-refractivity contribution in [2.24, 2.45) is 4.99 Å². The summed E-state index contributed by atoms with van der Waals surface area (Å²) in [5.74, 6) is 0.0791. The fraction of sp³-hybridized carbons (Fsp3) is 0.417. The molecule has 1 N–H and O–H groups in total. The maximum Gasteiger partial charge on any atom is 0.338 e. The third-order valence-electron chi connectivity index (χ3n) is 5.74. The second-order valence-electron chi connectivity index (χ2n) is 8.10. The Morgan fingerprint density at radius 1 is 1.39 bits per heavy atom. The summed E-state index contributed by atoms with van der Waals surface area (Å²) in [4.78, 5) is 35.2. The summed E-state index contributed by atoms with van der Waals surface area (Å²) >= 11 is 14.2. The van der Waals surface area contributed by atoms with Gasteiger partial charge < -0.3 is 19.5 Å². The molecule has 0 radical (unpaired) electrons. The number of esters is 1. The van der Waals surface area contributed by atoms with Gasteiger partial charge in [0.15, 0.2) is 10.8 Å². The van der Waals surface area contributed by atoms with Crippen molar-refractivity contribution in [2.75, 3.05) is 39.5 Å². The number of rotatable bonds is 10. The van der Waals surface area contributed by atoms with Crippen LogP contribution in [0.1, 0.15) is 30.0 Å². The van der Waals surface area contributed by atoms with Crippen molar-refractivity contribution in [2.45, 2.75) is 25.5 Å². The van der Waals surface area contributed by atoms with Crippen LogP contribution in [0.2, 0.25) is 10.0 Å². The maximum atomic E-state index is 13.3. The van der Waals surface area contributed by atoms with Crippen LogP contribution in [0.25, 0.3) is 0 Å². The number of hydrogen-bond acceptors (Lipinski definition) is 10. The quantitative estimate of drug-likeness (QED) is 0.271. The van der Waals surface area contributed by atoms with Crippen molar-refractivity contribution in [1.82, 2.24) is 15.2 Å². The van der Waals surface area contributed by atoms with Gasteiger partial charge in [-0.3, -0.25) is 14.7 Å². The zero-order chi connectivity index (χ0) is 25.5. The van der Waals surface area contributed by atoms with E-state index in [2.05, 4.69) is 15.2 Å². The zero-order valence-corrected chi connectivity index (χ0v) is 21.9. The van der Waals surface area contributed by atoms with Crippen molar-refractivity contribution in [3.63, 3.8) is 0 Å². The van der Waals surface area contributed by atoms with Gasteiger partial charge in [0.05, 0.1) is 31.5 Å². The molecule has 1 saturated heterocycles. The Morgan fingerprint density at radius 3 is 2.97 bits per heavy atom. The summed E-state index contributed by atoms with van der Waals surface area (Å²) < 4.78 is 16.1. The van der Waals surface area contributed by atoms with Gasteiger partial charge in [-0.15, -0.1) is 11.3 Å². The third-order valence-corrected chi connectivity index (χ3v) is 7.09. The van der Waals surface area contributed by atoms with Crippen LogP contribution >= 0.6 is 34.5 Å². The number of amidine groups is 1. The number of morpholine rings is 1. The second-order valence-corrected chi connectivity index (χ2v) is 9.84. The van der Waals surface area contributed by atoms with E-state index in [-0.39, 0.29) is 19.3 Å². The molecular formula is C24H26Cl2N4O5S. The lowest BCUT2D eigenvalue weighted by Gasteiger charge is -2.35. The first-order valence-electron chi connectivity index (χ1n) is 11.5. The first-order chi connectivity index (χ1) is 17.5. The van der Waals surface area contributed by atoms with E-state index in [1.807, 2.05) is 5.38 Å². The molecule has 0 bridgehead atoms. The Labute approximate surface area is 223 Å². The van der Waals surface area contributed by atoms with Crippen molar-refractivity contribution in [1.29, 1.82) is 0 Å². The van der Waals surface area contributed by atoms with E-state index in [1.165, 1.54) is 11.3 Å². The molecule has 1 aromatic heterocycles. The molecule has 0 amide bonds. The van der Waals surface area contributed by atoms with Crippen LogP contribution in [-0.4, -0.2) is 73.7 Å². The van der Waals surface area contributed by atoms with E-state index in [1.54, 1.807) is 31.3 Å². The van der Waals surface area contributed by atoms with E-state index >= 15 is 0 Å². The van der Waals surface area contributed by atoms with Crippen LogP contribution in [0, 0.1) is 0 Å². The van der Waals surface area contributed by atoms with Crippen LogP contribution in [-0.2, 0) is 23.8 Å². The normalized spacial score (nSPS) is 20.5. The van der Waals surface area contributed by atoms with E-state index in [4.69, 9.17) is 42.4 Å². The van der Waals surface area contributed by atoms with Crippen molar-refractivity contribution in [3.05, 3.63) is 61.7 Å².